The second-order valence-corrected chi connectivity index (χ2v) is 17.4. The summed E-state index contributed by atoms with van der Waals surface area (Å²) in [5, 5.41) is 19.4. The lowest BCUT2D eigenvalue weighted by atomic mass is 9.86. The first-order chi connectivity index (χ1) is 27.1. The molecule has 0 unspecified atom stereocenters. The molecule has 5 aromatic rings. The molecule has 0 spiro atoms. The highest BCUT2D eigenvalue weighted by atomic mass is 32.2. The molecule has 3 heterocycles. The number of nitrogens with zero attached hydrogens (tertiary/aromatic N) is 5. The zero-order valence-electron chi connectivity index (χ0n) is 31.8. The molecular formula is C41H38F7N5O4S. The predicted octanol–water partition coefficient (Wildman–Crippen LogP) is 7.77. The first kappa shape index (κ1) is 41.1. The molecule has 3 aromatic heterocycles. The number of halogens is 7. The average molecular weight is 830 g/mol. The highest BCUT2D eigenvalue weighted by Crippen LogP contribution is 2.68. The third-order valence-corrected chi connectivity index (χ3v) is 11.7. The minimum atomic E-state index is -5.05. The molecule has 3 atom stereocenters. The Morgan fingerprint density at radius 1 is 1.03 bits per heavy atom. The number of aromatic nitrogens is 5. The van der Waals surface area contributed by atoms with Gasteiger partial charge in [0.25, 0.3) is 5.92 Å². The Morgan fingerprint density at radius 3 is 2.36 bits per heavy atom. The van der Waals surface area contributed by atoms with E-state index in [-0.39, 0.29) is 54.1 Å². The number of ketones is 1. The van der Waals surface area contributed by atoms with Crippen LogP contribution in [0.4, 0.5) is 30.7 Å². The van der Waals surface area contributed by atoms with Gasteiger partial charge in [0, 0.05) is 59.7 Å². The van der Waals surface area contributed by atoms with Crippen LogP contribution in [-0.2, 0) is 52.5 Å². The Kier molecular flexibility index (Phi) is 10.4. The molecule has 0 aliphatic heterocycles. The number of Topliss-reactive ketones (excluding diaryl/α,β-unsaturated/α-hetero) is 1. The lowest BCUT2D eigenvalue weighted by molar-refractivity contribution is -0.142. The first-order valence-corrected chi connectivity index (χ1v) is 20.6. The van der Waals surface area contributed by atoms with E-state index in [9.17, 15) is 40.3 Å². The lowest BCUT2D eigenvalue weighted by Gasteiger charge is -2.22. The first-order valence-electron chi connectivity index (χ1n) is 18.5. The number of hydrogen-bond acceptors (Lipinski definition) is 7. The van der Waals surface area contributed by atoms with E-state index in [4.69, 9.17) is 4.98 Å². The molecule has 9 nitrogen and oxygen atoms in total. The van der Waals surface area contributed by atoms with Crippen molar-refractivity contribution >= 4 is 26.5 Å². The van der Waals surface area contributed by atoms with Gasteiger partial charge in [0.1, 0.15) is 35.2 Å². The third kappa shape index (κ3) is 7.88. The van der Waals surface area contributed by atoms with Crippen molar-refractivity contribution in [1.82, 2.24) is 24.5 Å². The van der Waals surface area contributed by atoms with E-state index in [0.717, 1.165) is 18.4 Å². The van der Waals surface area contributed by atoms with Crippen LogP contribution in [0, 0.1) is 29.4 Å². The minimum absolute atomic E-state index is 0.0889. The van der Waals surface area contributed by atoms with E-state index in [1.54, 1.807) is 51.2 Å². The van der Waals surface area contributed by atoms with Gasteiger partial charge in [-0.2, -0.15) is 32.1 Å². The molecule has 0 saturated heterocycles. The molecule has 2 aromatic carbocycles. The van der Waals surface area contributed by atoms with Gasteiger partial charge < -0.3 is 5.11 Å². The van der Waals surface area contributed by atoms with Gasteiger partial charge in [-0.05, 0) is 67.4 Å². The summed E-state index contributed by atoms with van der Waals surface area (Å²) in [6.45, 7) is 2.54. The van der Waals surface area contributed by atoms with Crippen LogP contribution in [0.25, 0.3) is 22.0 Å². The fraction of sp³-hybridized carbons (Fsp3) is 0.415. The summed E-state index contributed by atoms with van der Waals surface area (Å²) >= 11 is 0. The number of rotatable bonds is 12. The Labute approximate surface area is 329 Å². The summed E-state index contributed by atoms with van der Waals surface area (Å²) in [6, 6.07) is 11.0. The van der Waals surface area contributed by atoms with E-state index >= 15 is 8.78 Å². The van der Waals surface area contributed by atoms with Gasteiger partial charge in [-0.15, -0.1) is 0 Å². The standard InChI is InChI=1S/C41H38F7N5O4S/c1-5-39(55,6-2)13-12-26-10-11-28(29-8-7-9-30-33(21-58(4,56)57)50-52(3)36(29)30)35(49-26)23(14-22-15-24(42)18-25(43)16-22)17-27(54)20-53-38-34(37(51-53)41(46,47)48)31-19-32(31)40(38,44)45/h7-11,15-16,18,23,31-32,55H,5-6,14,17,19-21H2,1-4H3/t23-,31+,32-/m1/s1. The monoisotopic (exact) mass is 829 g/mol. The highest BCUT2D eigenvalue weighted by molar-refractivity contribution is 7.89. The van der Waals surface area contributed by atoms with Crippen molar-refractivity contribution in [1.29, 1.82) is 0 Å². The van der Waals surface area contributed by atoms with Crippen LogP contribution in [0.2, 0.25) is 0 Å². The number of alkyl halides is 5. The second kappa shape index (κ2) is 14.6. The normalized spacial score (nSPS) is 17.8. The van der Waals surface area contributed by atoms with Gasteiger partial charge in [0.2, 0.25) is 0 Å². The van der Waals surface area contributed by atoms with Gasteiger partial charge in [0.05, 0.1) is 22.7 Å². The van der Waals surface area contributed by atoms with Crippen LogP contribution in [0.15, 0.2) is 48.5 Å². The summed E-state index contributed by atoms with van der Waals surface area (Å²) < 4.78 is 129. The van der Waals surface area contributed by atoms with Crippen molar-refractivity contribution in [3.63, 3.8) is 0 Å². The number of para-hydroxylation sites is 1. The van der Waals surface area contributed by atoms with Crippen LogP contribution in [0.3, 0.4) is 0 Å². The van der Waals surface area contributed by atoms with E-state index in [2.05, 4.69) is 22.0 Å². The van der Waals surface area contributed by atoms with Crippen molar-refractivity contribution in [3.8, 4) is 23.0 Å². The Morgan fingerprint density at radius 2 is 1.72 bits per heavy atom. The summed E-state index contributed by atoms with van der Waals surface area (Å²) in [5.74, 6) is -4.42. The predicted molar refractivity (Wildman–Crippen MR) is 199 cm³/mol. The Balaban J connectivity index is 1.39. The maximum absolute atomic E-state index is 15.4. The number of hydrogen-bond donors (Lipinski definition) is 1. The molecule has 0 amide bonds. The largest absolute Gasteiger partial charge is 0.435 e. The van der Waals surface area contributed by atoms with Crippen LogP contribution in [-0.4, -0.2) is 55.7 Å². The van der Waals surface area contributed by atoms with Crippen molar-refractivity contribution in [3.05, 3.63) is 99.8 Å². The van der Waals surface area contributed by atoms with E-state index in [1.807, 2.05) is 0 Å². The lowest BCUT2D eigenvalue weighted by Crippen LogP contribution is -2.24. The minimum Gasteiger partial charge on any atom is -0.378 e. The molecule has 306 valence electrons. The zero-order chi connectivity index (χ0) is 42.1. The molecule has 1 saturated carbocycles. The quantitative estimate of drug-likeness (QED) is 0.101. The summed E-state index contributed by atoms with van der Waals surface area (Å²) in [5.41, 5.74) is -2.43. The second-order valence-electron chi connectivity index (χ2n) is 15.2. The highest BCUT2D eigenvalue weighted by Gasteiger charge is 2.68. The van der Waals surface area contributed by atoms with Crippen LogP contribution in [0.5, 0.6) is 0 Å². The fourth-order valence-electron chi connectivity index (χ4n) is 8.05. The smallest absolute Gasteiger partial charge is 0.378 e. The number of sulfone groups is 1. The molecule has 1 fully saturated rings. The number of carbonyl (C=O) groups excluding carboxylic acids is 1. The van der Waals surface area contributed by atoms with Crippen LogP contribution in [0.1, 0.15) is 91.0 Å². The number of aryl methyl sites for hydroxylation is 1. The van der Waals surface area contributed by atoms with Crippen molar-refractivity contribution < 1.29 is 49.1 Å². The van der Waals surface area contributed by atoms with Crippen LogP contribution >= 0.6 is 0 Å². The topological polar surface area (TPSA) is 120 Å². The molecule has 2 aliphatic carbocycles. The molecule has 0 radical (unpaired) electrons. The SMILES string of the molecule is CCC(O)(C#Cc1ccc(-c2cccc3c(CS(C)(=O)=O)nn(C)c23)c([C@@H](CC(=O)Cn2nc(C(F)(F)F)c3c2C(F)(F)[C@@H]2C[C@H]32)Cc2cc(F)cc(F)c2)n1)CC. The molecular weight excluding hydrogens is 792 g/mol. The summed E-state index contributed by atoms with van der Waals surface area (Å²) in [4.78, 5) is 18.9. The number of fused-ring (bicyclic) bond motifs is 4. The molecule has 58 heavy (non-hydrogen) atoms. The summed E-state index contributed by atoms with van der Waals surface area (Å²) in [7, 11) is -1.92. The Bertz CT molecular complexity index is 2620. The number of aliphatic hydroxyl groups is 1. The molecule has 0 bridgehead atoms. The van der Waals surface area contributed by atoms with Gasteiger partial charge in [-0.1, -0.05) is 38.0 Å². The maximum Gasteiger partial charge on any atom is 0.435 e. The molecule has 1 N–H and O–H groups in total. The fourth-order valence-corrected chi connectivity index (χ4v) is 8.76. The van der Waals surface area contributed by atoms with E-state index in [1.165, 1.54) is 4.68 Å². The van der Waals surface area contributed by atoms with Gasteiger partial charge in [0.15, 0.2) is 21.3 Å². The third-order valence-electron chi connectivity index (χ3n) is 10.9. The number of pyridine rings is 1. The van der Waals surface area contributed by atoms with Crippen molar-refractivity contribution in [2.24, 2.45) is 13.0 Å². The van der Waals surface area contributed by atoms with Gasteiger partial charge in [-0.3, -0.25) is 14.2 Å². The zero-order valence-corrected chi connectivity index (χ0v) is 32.6. The number of benzene rings is 2. The van der Waals surface area contributed by atoms with Crippen molar-refractivity contribution in [2.75, 3.05) is 6.26 Å². The van der Waals surface area contributed by atoms with Gasteiger partial charge >= 0.3 is 6.18 Å². The van der Waals surface area contributed by atoms with Crippen molar-refractivity contribution in [2.45, 2.75) is 87.8 Å². The van der Waals surface area contributed by atoms with Gasteiger partial charge in [-0.25, -0.2) is 22.2 Å². The molecule has 17 heteroatoms. The molecule has 2 aliphatic rings. The van der Waals surface area contributed by atoms with E-state index in [0.29, 0.717) is 32.8 Å². The average Bonchev–Trinajstić information content (AvgIpc) is 3.68. The molecule has 7 rings (SSSR count). The summed E-state index contributed by atoms with van der Waals surface area (Å²) in [6.07, 6.45) is -4.35. The van der Waals surface area contributed by atoms with Crippen LogP contribution < -0.4 is 0 Å². The maximum atomic E-state index is 15.4. The Hall–Kier alpha value is -5.08. The number of carbonyl (C=O) groups is 1. The van der Waals surface area contributed by atoms with E-state index < -0.39 is 92.6 Å².